The van der Waals surface area contributed by atoms with E-state index < -0.39 is 0 Å². The Balaban J connectivity index is 1.11. The molecular weight excluding hydrogens is 633 g/mol. The zero-order chi connectivity index (χ0) is 32.8. The maximum atomic E-state index is 6.58. The molecule has 8 aromatic carbocycles. The fourth-order valence-corrected chi connectivity index (χ4v) is 8.71. The second-order valence-electron chi connectivity index (χ2n) is 12.8. The summed E-state index contributed by atoms with van der Waals surface area (Å²) in [4.78, 5) is 7.15. The van der Waals surface area contributed by atoms with Crippen LogP contribution in [-0.2, 0) is 0 Å². The van der Waals surface area contributed by atoms with Crippen LogP contribution in [0.25, 0.3) is 86.2 Å². The summed E-state index contributed by atoms with van der Waals surface area (Å²) >= 11 is 1.85. The number of para-hydroxylation sites is 2. The van der Waals surface area contributed by atoms with E-state index in [9.17, 15) is 0 Å². The number of anilines is 3. The standard InChI is InChI=1S/C45H26N2O2S/c1-2-10-29-24-30(18-16-27(29)8-1)47(32-20-22-35-42(26-32)50-41-23-17-28-9-3-4-11-33(28)44(35)41)31-19-21-34-40(25-31)48-39-15-7-12-36(43(34)39)45-46-37-13-5-6-14-38(37)49-45/h1-26H. The van der Waals surface area contributed by atoms with Gasteiger partial charge >= 0.3 is 0 Å². The normalized spacial score (nSPS) is 12.0. The summed E-state index contributed by atoms with van der Waals surface area (Å²) in [5.74, 6) is 0.589. The van der Waals surface area contributed by atoms with Gasteiger partial charge in [-0.25, -0.2) is 4.98 Å². The summed E-state index contributed by atoms with van der Waals surface area (Å²) < 4.78 is 15.3. The number of fused-ring (bicyclic) bond motifs is 10. The molecule has 0 amide bonds. The van der Waals surface area contributed by atoms with Gasteiger partial charge in [-0.05, 0) is 88.3 Å². The second kappa shape index (κ2) is 10.5. The van der Waals surface area contributed by atoms with Gasteiger partial charge in [0, 0.05) is 59.6 Å². The van der Waals surface area contributed by atoms with Gasteiger partial charge in [0.25, 0.3) is 0 Å². The number of oxazole rings is 1. The molecule has 3 aromatic heterocycles. The fraction of sp³-hybridized carbons (Fsp3) is 0. The highest BCUT2D eigenvalue weighted by Gasteiger charge is 2.20. The van der Waals surface area contributed by atoms with E-state index in [0.717, 1.165) is 55.7 Å². The largest absolute Gasteiger partial charge is 0.456 e. The molecule has 0 aliphatic heterocycles. The molecule has 4 nitrogen and oxygen atoms in total. The Hall–Kier alpha value is -6.43. The van der Waals surface area contributed by atoms with Crippen LogP contribution in [0.5, 0.6) is 0 Å². The van der Waals surface area contributed by atoms with Crippen molar-refractivity contribution >= 4 is 103 Å². The van der Waals surface area contributed by atoms with Crippen LogP contribution in [0.1, 0.15) is 0 Å². The lowest BCUT2D eigenvalue weighted by atomic mass is 10.0. The molecule has 0 unspecified atom stereocenters. The summed E-state index contributed by atoms with van der Waals surface area (Å²) in [5.41, 5.74) is 7.31. The van der Waals surface area contributed by atoms with Crippen molar-refractivity contribution in [1.82, 2.24) is 4.98 Å². The minimum Gasteiger partial charge on any atom is -0.456 e. The number of furan rings is 1. The summed E-state index contributed by atoms with van der Waals surface area (Å²) in [6.07, 6.45) is 0. The maximum absolute atomic E-state index is 6.58. The van der Waals surface area contributed by atoms with E-state index in [0.29, 0.717) is 5.89 Å². The molecular formula is C45H26N2O2S. The van der Waals surface area contributed by atoms with Crippen LogP contribution in [0.15, 0.2) is 167 Å². The van der Waals surface area contributed by atoms with Crippen LogP contribution in [-0.4, -0.2) is 4.98 Å². The van der Waals surface area contributed by atoms with Crippen LogP contribution >= 0.6 is 11.3 Å². The second-order valence-corrected chi connectivity index (χ2v) is 13.8. The molecule has 0 aliphatic rings. The van der Waals surface area contributed by atoms with E-state index in [-0.39, 0.29) is 0 Å². The smallest absolute Gasteiger partial charge is 0.228 e. The summed E-state index contributed by atoms with van der Waals surface area (Å²) in [6.45, 7) is 0. The Labute approximate surface area is 290 Å². The molecule has 0 saturated heterocycles. The van der Waals surface area contributed by atoms with Gasteiger partial charge in [-0.3, -0.25) is 0 Å². The number of hydrogen-bond donors (Lipinski definition) is 0. The monoisotopic (exact) mass is 658 g/mol. The first-order chi connectivity index (χ1) is 24.7. The molecule has 0 N–H and O–H groups in total. The van der Waals surface area contributed by atoms with Gasteiger partial charge in [-0.2, -0.15) is 0 Å². The van der Waals surface area contributed by atoms with Crippen LogP contribution < -0.4 is 4.90 Å². The van der Waals surface area contributed by atoms with Crippen molar-refractivity contribution in [2.24, 2.45) is 0 Å². The third-order valence-electron chi connectivity index (χ3n) is 9.86. The fourth-order valence-electron chi connectivity index (χ4n) is 7.56. The topological polar surface area (TPSA) is 42.4 Å². The molecule has 0 spiro atoms. The van der Waals surface area contributed by atoms with Crippen molar-refractivity contribution in [1.29, 1.82) is 0 Å². The zero-order valence-corrected chi connectivity index (χ0v) is 27.4. The lowest BCUT2D eigenvalue weighted by Crippen LogP contribution is -2.09. The lowest BCUT2D eigenvalue weighted by molar-refractivity contribution is 0.620. The SMILES string of the molecule is c1ccc2cc(N(c3ccc4c(c3)oc3cccc(-c5nc6ccccc6o5)c34)c3ccc4c(c3)sc3ccc5ccccc5c34)ccc2c1. The number of hydrogen-bond acceptors (Lipinski definition) is 5. The maximum Gasteiger partial charge on any atom is 0.228 e. The van der Waals surface area contributed by atoms with Gasteiger partial charge in [0.1, 0.15) is 16.7 Å². The van der Waals surface area contributed by atoms with E-state index >= 15 is 0 Å². The Bertz CT molecular complexity index is 3100. The van der Waals surface area contributed by atoms with Gasteiger partial charge in [0.05, 0.1) is 0 Å². The highest BCUT2D eigenvalue weighted by molar-refractivity contribution is 7.26. The molecule has 0 saturated carbocycles. The van der Waals surface area contributed by atoms with E-state index in [1.54, 1.807) is 0 Å². The molecule has 11 rings (SSSR count). The van der Waals surface area contributed by atoms with E-state index in [4.69, 9.17) is 13.8 Å². The molecule has 0 atom stereocenters. The zero-order valence-electron chi connectivity index (χ0n) is 26.6. The van der Waals surface area contributed by atoms with Crippen molar-refractivity contribution in [2.45, 2.75) is 0 Å². The average Bonchev–Trinajstić information content (AvgIpc) is 3.88. The van der Waals surface area contributed by atoms with Crippen molar-refractivity contribution in [3.05, 3.63) is 158 Å². The molecule has 5 heteroatoms. The third-order valence-corrected chi connectivity index (χ3v) is 11.0. The number of benzene rings is 8. The molecule has 50 heavy (non-hydrogen) atoms. The molecule has 234 valence electrons. The van der Waals surface area contributed by atoms with Crippen LogP contribution in [0.3, 0.4) is 0 Å². The summed E-state index contributed by atoms with van der Waals surface area (Å²) in [6, 6.07) is 55.7. The third kappa shape index (κ3) is 4.14. The van der Waals surface area contributed by atoms with Gasteiger partial charge < -0.3 is 13.7 Å². The Morgan fingerprint density at radius 3 is 2.08 bits per heavy atom. The quantitative estimate of drug-likeness (QED) is 0.189. The van der Waals surface area contributed by atoms with Gasteiger partial charge in [0.15, 0.2) is 5.58 Å². The van der Waals surface area contributed by atoms with Crippen LogP contribution in [0.2, 0.25) is 0 Å². The molecule has 0 bridgehead atoms. The highest BCUT2D eigenvalue weighted by Crippen LogP contribution is 2.45. The van der Waals surface area contributed by atoms with E-state index in [1.807, 2.05) is 47.7 Å². The Morgan fingerprint density at radius 2 is 1.16 bits per heavy atom. The van der Waals surface area contributed by atoms with Crippen molar-refractivity contribution in [3.8, 4) is 11.5 Å². The summed E-state index contributed by atoms with van der Waals surface area (Å²) in [5, 5.41) is 9.58. The van der Waals surface area contributed by atoms with Crippen molar-refractivity contribution < 1.29 is 8.83 Å². The van der Waals surface area contributed by atoms with E-state index in [2.05, 4.69) is 126 Å². The highest BCUT2D eigenvalue weighted by atomic mass is 32.1. The number of thiophene rings is 1. The van der Waals surface area contributed by atoms with E-state index in [1.165, 1.54) is 41.7 Å². The minimum atomic E-state index is 0.589. The molecule has 0 fully saturated rings. The number of nitrogens with zero attached hydrogens (tertiary/aromatic N) is 2. The Morgan fingerprint density at radius 1 is 0.440 bits per heavy atom. The first kappa shape index (κ1) is 27.5. The van der Waals surface area contributed by atoms with Crippen molar-refractivity contribution in [3.63, 3.8) is 0 Å². The molecule has 11 aromatic rings. The number of rotatable bonds is 4. The molecule has 0 radical (unpaired) electrons. The predicted octanol–water partition coefficient (Wildman–Crippen LogP) is 13.5. The first-order valence-corrected chi connectivity index (χ1v) is 17.5. The lowest BCUT2D eigenvalue weighted by Gasteiger charge is -2.26. The van der Waals surface area contributed by atoms with Crippen LogP contribution in [0.4, 0.5) is 17.1 Å². The Kier molecular flexibility index (Phi) is 5.80. The van der Waals surface area contributed by atoms with Crippen LogP contribution in [0, 0.1) is 0 Å². The minimum absolute atomic E-state index is 0.589. The molecule has 0 aliphatic carbocycles. The van der Waals surface area contributed by atoms with Gasteiger partial charge in [-0.15, -0.1) is 11.3 Å². The average molecular weight is 659 g/mol. The van der Waals surface area contributed by atoms with Gasteiger partial charge in [-0.1, -0.05) is 84.9 Å². The first-order valence-electron chi connectivity index (χ1n) is 16.7. The predicted molar refractivity (Wildman–Crippen MR) is 209 cm³/mol. The van der Waals surface area contributed by atoms with Gasteiger partial charge in [0.2, 0.25) is 5.89 Å². The number of aromatic nitrogens is 1. The molecule has 3 heterocycles. The van der Waals surface area contributed by atoms with Crippen molar-refractivity contribution in [2.75, 3.05) is 4.90 Å². The summed E-state index contributed by atoms with van der Waals surface area (Å²) in [7, 11) is 0.